The van der Waals surface area contributed by atoms with Crippen molar-refractivity contribution in [1.29, 1.82) is 0 Å². The molecule has 2 N–H and O–H groups in total. The zero-order valence-corrected chi connectivity index (χ0v) is 39.7. The number of rotatable bonds is 8. The Morgan fingerprint density at radius 3 is 0.917 bits per heavy atom. The van der Waals surface area contributed by atoms with Gasteiger partial charge in [-0.2, -0.15) is 0 Å². The van der Waals surface area contributed by atoms with E-state index < -0.39 is 14.2 Å². The first-order chi connectivity index (χ1) is 27.8. The van der Waals surface area contributed by atoms with Gasteiger partial charge in [-0.1, -0.05) is 192 Å². The third-order valence-corrected chi connectivity index (χ3v) is 12.6. The van der Waals surface area contributed by atoms with Crippen molar-refractivity contribution in [2.45, 2.75) is 131 Å². The number of aryl methyl sites for hydroxylation is 2. The van der Waals surface area contributed by atoms with Crippen LogP contribution in [-0.2, 0) is 31.8 Å². The highest BCUT2D eigenvalue weighted by Gasteiger charge is 2.42. The summed E-state index contributed by atoms with van der Waals surface area (Å²) in [6.45, 7) is 33.5. The lowest BCUT2D eigenvalue weighted by Gasteiger charge is -2.39. The molecule has 0 atom stereocenters. The summed E-state index contributed by atoms with van der Waals surface area (Å²) in [6.07, 6.45) is 0. The first kappa shape index (κ1) is 45.2. The smallest absolute Gasteiger partial charge is 0.328 e. The van der Waals surface area contributed by atoms with E-state index in [0.29, 0.717) is 0 Å². The third kappa shape index (κ3) is 8.98. The van der Waals surface area contributed by atoms with E-state index in [9.17, 15) is 9.79 Å². The van der Waals surface area contributed by atoms with Gasteiger partial charge in [0.2, 0.25) is 0 Å². The second kappa shape index (κ2) is 16.5. The summed E-state index contributed by atoms with van der Waals surface area (Å²) >= 11 is 0. The largest absolute Gasteiger partial charge is 0.328 e. The molecule has 0 radical (unpaired) electrons. The van der Waals surface area contributed by atoms with Gasteiger partial charge in [-0.3, -0.25) is 4.52 Å². The fourth-order valence-corrected chi connectivity index (χ4v) is 9.99. The predicted molar refractivity (Wildman–Crippen MR) is 258 cm³/mol. The van der Waals surface area contributed by atoms with Crippen LogP contribution in [0.2, 0.25) is 0 Å². The van der Waals surface area contributed by atoms with E-state index in [-0.39, 0.29) is 21.7 Å². The van der Waals surface area contributed by atoms with Crippen LogP contribution in [-0.4, -0.2) is 9.79 Å². The zero-order valence-electron chi connectivity index (χ0n) is 38.8. The van der Waals surface area contributed by atoms with Crippen molar-refractivity contribution in [2.75, 3.05) is 0 Å². The molecule has 4 heteroatoms. The average Bonchev–Trinajstić information content (AvgIpc) is 3.15. The molecule has 0 bridgehead atoms. The maximum absolute atomic E-state index is 11.2. The Labute approximate surface area is 362 Å². The van der Waals surface area contributed by atoms with Gasteiger partial charge < -0.3 is 9.79 Å². The molecular formula is C56H67O3P. The maximum atomic E-state index is 11.2. The highest BCUT2D eigenvalue weighted by atomic mass is 31.2. The molecule has 60 heavy (non-hydrogen) atoms. The van der Waals surface area contributed by atoms with Crippen LogP contribution in [0.4, 0.5) is 0 Å². The topological polar surface area (TPSA) is 49.7 Å². The third-order valence-electron chi connectivity index (χ3n) is 12.0. The Kier molecular flexibility index (Phi) is 12.4. The van der Waals surface area contributed by atoms with Gasteiger partial charge in [0.05, 0.1) is 0 Å². The van der Waals surface area contributed by atoms with E-state index >= 15 is 0 Å². The molecule has 0 spiro atoms. The van der Waals surface area contributed by atoms with Crippen LogP contribution in [0, 0.1) is 13.8 Å². The summed E-state index contributed by atoms with van der Waals surface area (Å²) in [5.74, 6) is 0. The van der Waals surface area contributed by atoms with Crippen LogP contribution in [0.3, 0.4) is 0 Å². The monoisotopic (exact) mass is 818 g/mol. The van der Waals surface area contributed by atoms with E-state index in [2.05, 4.69) is 225 Å². The van der Waals surface area contributed by atoms with Crippen LogP contribution in [0.1, 0.15) is 135 Å². The molecule has 0 aromatic heterocycles. The number of hydrogen-bond donors (Lipinski definition) is 2. The molecule has 0 saturated heterocycles. The van der Waals surface area contributed by atoms with Crippen molar-refractivity contribution in [1.82, 2.24) is 0 Å². The summed E-state index contributed by atoms with van der Waals surface area (Å²) in [5.41, 5.74) is 15.7. The van der Waals surface area contributed by atoms with Crippen molar-refractivity contribution in [3.8, 4) is 44.5 Å². The standard InChI is InChI=1S/C56H67O3P/c1-36-32-38(40-24-16-20-28-46(40)52(3,4)5)34-44(42-26-18-22-30-48(42)54(9,10)11)50(36)56(15,59-60(57)58)51-37(2)33-39(41-25-17-21-29-47(41)53(6,7)8)35-45(51)43-27-19-23-31-49(43)55(12,13)14/h16-35,57-58H,1-15H3. The molecule has 0 aliphatic carbocycles. The second-order valence-electron chi connectivity index (χ2n) is 21.0. The second-order valence-corrected chi connectivity index (χ2v) is 21.7. The molecule has 6 aromatic rings. The quantitative estimate of drug-likeness (QED) is 0.150. The summed E-state index contributed by atoms with van der Waals surface area (Å²) in [6, 6.07) is 44.0. The van der Waals surface area contributed by atoms with E-state index in [1.807, 2.05) is 0 Å². The van der Waals surface area contributed by atoms with Crippen LogP contribution in [0.15, 0.2) is 121 Å². The van der Waals surface area contributed by atoms with Crippen LogP contribution >= 0.6 is 8.60 Å². The highest BCUT2D eigenvalue weighted by molar-refractivity contribution is 7.39. The first-order valence-corrected chi connectivity index (χ1v) is 22.6. The first-order valence-electron chi connectivity index (χ1n) is 21.4. The lowest BCUT2D eigenvalue weighted by Crippen LogP contribution is -2.30. The minimum atomic E-state index is -2.83. The van der Waals surface area contributed by atoms with Crippen LogP contribution in [0.5, 0.6) is 0 Å². The highest BCUT2D eigenvalue weighted by Crippen LogP contribution is 2.54. The van der Waals surface area contributed by atoms with E-state index in [1.54, 1.807) is 0 Å². The molecule has 0 unspecified atom stereocenters. The van der Waals surface area contributed by atoms with Gasteiger partial charge in [0.15, 0.2) is 0 Å². The van der Waals surface area contributed by atoms with Gasteiger partial charge in [-0.15, -0.1) is 0 Å². The molecule has 0 aliphatic heterocycles. The SMILES string of the molecule is Cc1cc(-c2ccccc2C(C)(C)C)cc(-c2ccccc2C(C)(C)C)c1C(C)(OP(O)O)c1c(C)cc(-c2ccccc2C(C)(C)C)cc1-c1ccccc1C(C)(C)C. The summed E-state index contributed by atoms with van der Waals surface area (Å²) in [5, 5.41) is 0. The molecule has 314 valence electrons. The minimum absolute atomic E-state index is 0.0896. The lowest BCUT2D eigenvalue weighted by atomic mass is 9.71. The molecule has 6 rings (SSSR count). The van der Waals surface area contributed by atoms with E-state index in [0.717, 1.165) is 55.6 Å². The van der Waals surface area contributed by atoms with Crippen molar-refractivity contribution in [3.63, 3.8) is 0 Å². The van der Waals surface area contributed by atoms with Gasteiger partial charge in [0, 0.05) is 0 Å². The Morgan fingerprint density at radius 1 is 0.367 bits per heavy atom. The fraction of sp³-hybridized carbons (Fsp3) is 0.357. The molecule has 0 saturated carbocycles. The fourth-order valence-electron chi connectivity index (χ4n) is 9.48. The Balaban J connectivity index is 1.82. The predicted octanol–water partition coefficient (Wildman–Crippen LogP) is 15.7. The van der Waals surface area contributed by atoms with Crippen LogP contribution < -0.4 is 0 Å². The zero-order chi connectivity index (χ0) is 44.2. The summed E-state index contributed by atoms with van der Waals surface area (Å²) in [4.78, 5) is 22.4. The van der Waals surface area contributed by atoms with Gasteiger partial charge in [0.25, 0.3) is 0 Å². The van der Waals surface area contributed by atoms with Gasteiger partial charge >= 0.3 is 8.60 Å². The minimum Gasteiger partial charge on any atom is -0.328 e. The Morgan fingerprint density at radius 2 is 0.633 bits per heavy atom. The Bertz CT molecular complexity index is 2340. The van der Waals surface area contributed by atoms with Gasteiger partial charge in [0.1, 0.15) is 5.60 Å². The normalized spacial score (nSPS) is 13.0. The van der Waals surface area contributed by atoms with Gasteiger partial charge in [-0.05, 0) is 144 Å². The van der Waals surface area contributed by atoms with E-state index in [4.69, 9.17) is 4.52 Å². The molecule has 3 nitrogen and oxygen atoms in total. The molecule has 0 fully saturated rings. The maximum Gasteiger partial charge on any atom is 0.328 e. The van der Waals surface area contributed by atoms with Gasteiger partial charge in [-0.25, -0.2) is 0 Å². The summed E-state index contributed by atoms with van der Waals surface area (Å²) in [7, 11) is -2.83. The van der Waals surface area contributed by atoms with E-state index in [1.165, 1.54) is 33.4 Å². The van der Waals surface area contributed by atoms with Crippen molar-refractivity contribution < 1.29 is 14.3 Å². The lowest BCUT2D eigenvalue weighted by molar-refractivity contribution is 0.110. The molecular weight excluding hydrogens is 752 g/mol. The summed E-state index contributed by atoms with van der Waals surface area (Å²) < 4.78 is 6.77. The molecule has 0 heterocycles. The Hall–Kier alpha value is -4.37. The molecule has 6 aromatic carbocycles. The molecule has 0 amide bonds. The van der Waals surface area contributed by atoms with Crippen LogP contribution in [0.25, 0.3) is 44.5 Å². The molecule has 0 aliphatic rings. The van der Waals surface area contributed by atoms with Crippen molar-refractivity contribution >= 4 is 8.60 Å². The average molecular weight is 819 g/mol. The van der Waals surface area contributed by atoms with Crippen molar-refractivity contribution in [3.05, 3.63) is 166 Å². The van der Waals surface area contributed by atoms with Crippen molar-refractivity contribution in [2.24, 2.45) is 0 Å². The number of benzene rings is 6. The number of hydrogen-bond acceptors (Lipinski definition) is 3.